The number of carbonyl (C=O) groups is 2. The Labute approximate surface area is 179 Å². The van der Waals surface area contributed by atoms with Gasteiger partial charge in [-0.05, 0) is 25.0 Å². The van der Waals surface area contributed by atoms with Crippen molar-refractivity contribution in [2.45, 2.75) is 25.9 Å². The van der Waals surface area contributed by atoms with Gasteiger partial charge in [0.15, 0.2) is 0 Å². The van der Waals surface area contributed by atoms with Crippen LogP contribution in [0.15, 0.2) is 60.7 Å². The van der Waals surface area contributed by atoms with Crippen LogP contribution in [0.4, 0.5) is 0 Å². The van der Waals surface area contributed by atoms with Crippen LogP contribution < -0.4 is 10.6 Å². The van der Waals surface area contributed by atoms with Crippen molar-refractivity contribution in [2.24, 2.45) is 0 Å². The molecule has 160 valence electrons. The predicted octanol–water partition coefficient (Wildman–Crippen LogP) is 2.36. The SMILES string of the molecule is C[C@@H](NC(=O)CN1CCN(CC(=O)N[C@H](C)c2ccccc2)CC1)c1ccccc1. The van der Waals surface area contributed by atoms with Gasteiger partial charge in [0, 0.05) is 26.2 Å². The summed E-state index contributed by atoms with van der Waals surface area (Å²) in [5, 5.41) is 6.13. The van der Waals surface area contributed by atoms with Gasteiger partial charge < -0.3 is 10.6 Å². The Morgan fingerprint density at radius 1 is 0.700 bits per heavy atom. The van der Waals surface area contributed by atoms with Crippen LogP contribution in [-0.2, 0) is 9.59 Å². The maximum Gasteiger partial charge on any atom is 0.234 e. The van der Waals surface area contributed by atoms with Gasteiger partial charge in [-0.25, -0.2) is 0 Å². The van der Waals surface area contributed by atoms with Gasteiger partial charge in [-0.3, -0.25) is 19.4 Å². The summed E-state index contributed by atoms with van der Waals surface area (Å²) in [6.07, 6.45) is 0. The van der Waals surface area contributed by atoms with E-state index in [0.29, 0.717) is 13.1 Å². The van der Waals surface area contributed by atoms with Gasteiger partial charge in [0.05, 0.1) is 25.2 Å². The molecule has 1 aliphatic heterocycles. The van der Waals surface area contributed by atoms with E-state index >= 15 is 0 Å². The number of carbonyl (C=O) groups excluding carboxylic acids is 2. The number of hydrogen-bond donors (Lipinski definition) is 2. The number of amides is 2. The third kappa shape index (κ3) is 6.68. The monoisotopic (exact) mass is 408 g/mol. The van der Waals surface area contributed by atoms with Crippen LogP contribution >= 0.6 is 0 Å². The maximum atomic E-state index is 12.4. The minimum atomic E-state index is -0.00436. The van der Waals surface area contributed by atoms with Crippen LogP contribution in [-0.4, -0.2) is 60.9 Å². The van der Waals surface area contributed by atoms with Crippen molar-refractivity contribution in [3.63, 3.8) is 0 Å². The van der Waals surface area contributed by atoms with E-state index in [1.165, 1.54) is 0 Å². The topological polar surface area (TPSA) is 64.7 Å². The molecule has 6 heteroatoms. The second-order valence-electron chi connectivity index (χ2n) is 7.95. The second-order valence-corrected chi connectivity index (χ2v) is 7.95. The van der Waals surface area contributed by atoms with Crippen LogP contribution in [0.2, 0.25) is 0 Å². The van der Waals surface area contributed by atoms with E-state index in [9.17, 15) is 9.59 Å². The van der Waals surface area contributed by atoms with E-state index in [4.69, 9.17) is 0 Å². The molecule has 3 rings (SSSR count). The van der Waals surface area contributed by atoms with Crippen LogP contribution in [0.25, 0.3) is 0 Å². The number of nitrogens with zero attached hydrogens (tertiary/aromatic N) is 2. The predicted molar refractivity (Wildman–Crippen MR) is 119 cm³/mol. The standard InChI is InChI=1S/C24H32N4O2/c1-19(21-9-5-3-6-10-21)25-23(29)17-27-13-15-28(16-14-27)18-24(30)26-20(2)22-11-7-4-8-12-22/h3-12,19-20H,13-18H2,1-2H3,(H,25,29)(H,26,30)/t19-,20-/m1/s1. The van der Waals surface area contributed by atoms with Crippen LogP contribution in [0.5, 0.6) is 0 Å². The Morgan fingerprint density at radius 2 is 1.03 bits per heavy atom. The Kier molecular flexibility index (Phi) is 7.99. The molecular formula is C24H32N4O2. The second kappa shape index (κ2) is 10.9. The Balaban J connectivity index is 1.36. The van der Waals surface area contributed by atoms with Gasteiger partial charge >= 0.3 is 0 Å². The molecule has 0 radical (unpaired) electrons. The Bertz CT molecular complexity index is 735. The largest absolute Gasteiger partial charge is 0.348 e. The van der Waals surface area contributed by atoms with Gasteiger partial charge in [0.25, 0.3) is 0 Å². The summed E-state index contributed by atoms with van der Waals surface area (Å²) >= 11 is 0. The summed E-state index contributed by atoms with van der Waals surface area (Å²) in [5.74, 6) is 0.0727. The van der Waals surface area contributed by atoms with E-state index in [2.05, 4.69) is 20.4 Å². The Hall–Kier alpha value is -2.70. The number of nitrogens with one attached hydrogen (secondary N) is 2. The quantitative estimate of drug-likeness (QED) is 0.704. The van der Waals surface area contributed by atoms with Crippen LogP contribution in [0.3, 0.4) is 0 Å². The zero-order valence-electron chi connectivity index (χ0n) is 17.9. The molecule has 0 aliphatic carbocycles. The first-order valence-corrected chi connectivity index (χ1v) is 10.6. The van der Waals surface area contributed by atoms with E-state index < -0.39 is 0 Å². The van der Waals surface area contributed by atoms with Crippen molar-refractivity contribution in [2.75, 3.05) is 39.3 Å². The smallest absolute Gasteiger partial charge is 0.234 e. The average molecular weight is 409 g/mol. The van der Waals surface area contributed by atoms with Crippen molar-refractivity contribution in [3.8, 4) is 0 Å². The van der Waals surface area contributed by atoms with Crippen molar-refractivity contribution < 1.29 is 9.59 Å². The molecule has 0 unspecified atom stereocenters. The fourth-order valence-electron chi connectivity index (χ4n) is 3.74. The summed E-state index contributed by atoms with van der Waals surface area (Å²) in [6.45, 7) is 7.93. The molecule has 1 fully saturated rings. The van der Waals surface area contributed by atoms with Crippen molar-refractivity contribution in [1.82, 2.24) is 20.4 Å². The highest BCUT2D eigenvalue weighted by atomic mass is 16.2. The van der Waals surface area contributed by atoms with E-state index in [1.54, 1.807) is 0 Å². The maximum absolute atomic E-state index is 12.4. The normalized spacial score (nSPS) is 17.1. The lowest BCUT2D eigenvalue weighted by molar-refractivity contribution is -0.125. The fourth-order valence-corrected chi connectivity index (χ4v) is 3.74. The molecule has 0 spiro atoms. The highest BCUT2D eigenvalue weighted by Gasteiger charge is 2.22. The van der Waals surface area contributed by atoms with E-state index in [0.717, 1.165) is 37.3 Å². The molecule has 2 N–H and O–H groups in total. The molecule has 2 amide bonds. The van der Waals surface area contributed by atoms with Gasteiger partial charge in [0.2, 0.25) is 11.8 Å². The molecule has 1 saturated heterocycles. The minimum absolute atomic E-state index is 0.00436. The summed E-state index contributed by atoms with van der Waals surface area (Å²) in [6, 6.07) is 19.9. The van der Waals surface area contributed by atoms with Crippen LogP contribution in [0.1, 0.15) is 37.1 Å². The highest BCUT2D eigenvalue weighted by molar-refractivity contribution is 5.79. The van der Waals surface area contributed by atoms with E-state index in [1.807, 2.05) is 74.5 Å². The van der Waals surface area contributed by atoms with Crippen molar-refractivity contribution in [3.05, 3.63) is 71.8 Å². The molecule has 6 nitrogen and oxygen atoms in total. The first-order valence-electron chi connectivity index (χ1n) is 10.6. The van der Waals surface area contributed by atoms with Gasteiger partial charge in [-0.15, -0.1) is 0 Å². The first kappa shape index (κ1) is 22.0. The lowest BCUT2D eigenvalue weighted by Gasteiger charge is -2.34. The molecule has 0 saturated carbocycles. The molecular weight excluding hydrogens is 376 g/mol. The minimum Gasteiger partial charge on any atom is -0.348 e. The zero-order valence-corrected chi connectivity index (χ0v) is 17.9. The molecule has 2 aromatic rings. The number of rotatable bonds is 8. The van der Waals surface area contributed by atoms with Crippen molar-refractivity contribution >= 4 is 11.8 Å². The number of piperazine rings is 1. The zero-order chi connectivity index (χ0) is 21.3. The molecule has 2 atom stereocenters. The first-order chi connectivity index (χ1) is 14.5. The van der Waals surface area contributed by atoms with Gasteiger partial charge in [-0.1, -0.05) is 60.7 Å². The average Bonchev–Trinajstić information content (AvgIpc) is 2.76. The third-order valence-electron chi connectivity index (χ3n) is 5.55. The van der Waals surface area contributed by atoms with Gasteiger partial charge in [0.1, 0.15) is 0 Å². The summed E-state index contributed by atoms with van der Waals surface area (Å²) in [7, 11) is 0. The van der Waals surface area contributed by atoms with Crippen LogP contribution in [0, 0.1) is 0 Å². The number of hydrogen-bond acceptors (Lipinski definition) is 4. The summed E-state index contributed by atoms with van der Waals surface area (Å²) < 4.78 is 0. The molecule has 0 bridgehead atoms. The molecule has 30 heavy (non-hydrogen) atoms. The summed E-state index contributed by atoms with van der Waals surface area (Å²) in [5.41, 5.74) is 2.21. The third-order valence-corrected chi connectivity index (χ3v) is 5.55. The fraction of sp³-hybridized carbons (Fsp3) is 0.417. The summed E-state index contributed by atoms with van der Waals surface area (Å²) in [4.78, 5) is 29.1. The highest BCUT2D eigenvalue weighted by Crippen LogP contribution is 2.12. The lowest BCUT2D eigenvalue weighted by Crippen LogP contribution is -2.51. The molecule has 1 aliphatic rings. The van der Waals surface area contributed by atoms with Gasteiger partial charge in [-0.2, -0.15) is 0 Å². The molecule has 1 heterocycles. The molecule has 2 aromatic carbocycles. The Morgan fingerprint density at radius 3 is 1.37 bits per heavy atom. The van der Waals surface area contributed by atoms with E-state index in [-0.39, 0.29) is 23.9 Å². The molecule has 0 aromatic heterocycles. The lowest BCUT2D eigenvalue weighted by atomic mass is 10.1. The van der Waals surface area contributed by atoms with Crippen molar-refractivity contribution in [1.29, 1.82) is 0 Å². The number of benzene rings is 2.